The molecule has 92 valence electrons. The Bertz CT molecular complexity index is 384. The molecule has 0 bridgehead atoms. The fourth-order valence-corrected chi connectivity index (χ4v) is 2.88. The van der Waals surface area contributed by atoms with Crippen LogP contribution in [0.5, 0.6) is 0 Å². The van der Waals surface area contributed by atoms with Crippen LogP contribution in [0.2, 0.25) is 0 Å². The summed E-state index contributed by atoms with van der Waals surface area (Å²) in [5.41, 5.74) is 0.665. The zero-order chi connectivity index (χ0) is 12.4. The average molecular weight is 233 g/mol. The Morgan fingerprint density at radius 3 is 2.88 bits per heavy atom. The fourth-order valence-electron chi connectivity index (χ4n) is 2.88. The van der Waals surface area contributed by atoms with Crippen LogP contribution in [0.15, 0.2) is 24.3 Å². The lowest BCUT2D eigenvalue weighted by atomic mass is 9.89. The number of nitrogens with one attached hydrogen (secondary N) is 1. The van der Waals surface area contributed by atoms with E-state index in [0.717, 1.165) is 12.3 Å². The molecular weight excluding hydrogens is 214 g/mol. The van der Waals surface area contributed by atoms with Gasteiger partial charge in [-0.25, -0.2) is 0 Å². The van der Waals surface area contributed by atoms with Gasteiger partial charge in [0.15, 0.2) is 0 Å². The smallest absolute Gasteiger partial charge is 0.254 e. The molecule has 0 aromatic carbocycles. The number of carbonyl (C=O) groups is 2. The van der Waals surface area contributed by atoms with Crippen molar-refractivity contribution in [3.05, 3.63) is 24.3 Å². The van der Waals surface area contributed by atoms with Crippen LogP contribution in [0.4, 0.5) is 0 Å². The quantitative estimate of drug-likeness (QED) is 0.564. The summed E-state index contributed by atoms with van der Waals surface area (Å²) in [4.78, 5) is 22.9. The molecular formula is C14H19NO2. The molecule has 0 spiro atoms. The minimum atomic E-state index is -0.272. The van der Waals surface area contributed by atoms with Gasteiger partial charge in [0.05, 0.1) is 0 Å². The van der Waals surface area contributed by atoms with Crippen molar-refractivity contribution >= 4 is 11.8 Å². The van der Waals surface area contributed by atoms with Crippen molar-refractivity contribution in [2.45, 2.75) is 32.6 Å². The number of hydrogen-bond donors (Lipinski definition) is 1. The first kappa shape index (κ1) is 12.1. The third-order valence-electron chi connectivity index (χ3n) is 3.76. The monoisotopic (exact) mass is 233 g/mol. The van der Waals surface area contributed by atoms with E-state index in [1.54, 1.807) is 0 Å². The Kier molecular flexibility index (Phi) is 3.46. The zero-order valence-electron chi connectivity index (χ0n) is 10.2. The van der Waals surface area contributed by atoms with Crippen molar-refractivity contribution in [2.75, 3.05) is 0 Å². The molecule has 1 fully saturated rings. The Morgan fingerprint density at radius 2 is 2.35 bits per heavy atom. The third kappa shape index (κ3) is 2.48. The predicted octanol–water partition coefficient (Wildman–Crippen LogP) is 2.20. The average Bonchev–Trinajstić information content (AvgIpc) is 2.94. The van der Waals surface area contributed by atoms with Crippen LogP contribution >= 0.6 is 0 Å². The van der Waals surface area contributed by atoms with Crippen molar-refractivity contribution in [2.24, 2.45) is 17.8 Å². The molecule has 2 rings (SSSR count). The van der Waals surface area contributed by atoms with E-state index < -0.39 is 0 Å². The molecule has 3 nitrogen and oxygen atoms in total. The van der Waals surface area contributed by atoms with Crippen molar-refractivity contribution in [3.8, 4) is 0 Å². The minimum absolute atomic E-state index is 0.190. The van der Waals surface area contributed by atoms with Crippen molar-refractivity contribution in [1.82, 2.24) is 5.32 Å². The van der Waals surface area contributed by atoms with E-state index in [1.807, 2.05) is 6.08 Å². The highest BCUT2D eigenvalue weighted by molar-refractivity contribution is 6.16. The van der Waals surface area contributed by atoms with Gasteiger partial charge in [-0.15, -0.1) is 6.58 Å². The van der Waals surface area contributed by atoms with Crippen molar-refractivity contribution in [3.63, 3.8) is 0 Å². The Balaban J connectivity index is 2.08. The molecule has 1 heterocycles. The molecule has 2 aliphatic rings. The van der Waals surface area contributed by atoms with Crippen LogP contribution < -0.4 is 5.32 Å². The molecule has 1 aliphatic heterocycles. The van der Waals surface area contributed by atoms with Gasteiger partial charge in [0, 0.05) is 11.6 Å². The SMILES string of the molecule is C=CCC(C1=CC(=O)NC1=O)[C@@H]1C[C@@H]1CCC. The maximum absolute atomic E-state index is 11.7. The summed E-state index contributed by atoms with van der Waals surface area (Å²) >= 11 is 0. The summed E-state index contributed by atoms with van der Waals surface area (Å²) in [6.45, 7) is 5.94. The molecule has 1 aliphatic carbocycles. The number of amides is 2. The number of carbonyl (C=O) groups excluding carboxylic acids is 2. The van der Waals surface area contributed by atoms with Gasteiger partial charge in [-0.3, -0.25) is 14.9 Å². The van der Waals surface area contributed by atoms with Gasteiger partial charge in [0.1, 0.15) is 0 Å². The topological polar surface area (TPSA) is 46.2 Å². The van der Waals surface area contributed by atoms with Crippen LogP contribution in [0, 0.1) is 17.8 Å². The molecule has 3 atom stereocenters. The van der Waals surface area contributed by atoms with Gasteiger partial charge >= 0.3 is 0 Å². The summed E-state index contributed by atoms with van der Waals surface area (Å²) in [5, 5.41) is 2.33. The lowest BCUT2D eigenvalue weighted by Gasteiger charge is -2.14. The van der Waals surface area contributed by atoms with E-state index in [4.69, 9.17) is 0 Å². The minimum Gasteiger partial charge on any atom is -0.289 e. The highest BCUT2D eigenvalue weighted by Crippen LogP contribution is 2.51. The van der Waals surface area contributed by atoms with Crippen LogP contribution in [0.1, 0.15) is 32.6 Å². The maximum Gasteiger partial charge on any atom is 0.254 e. The molecule has 3 heteroatoms. The highest BCUT2D eigenvalue weighted by Gasteiger charge is 2.45. The summed E-state index contributed by atoms with van der Waals surface area (Å²) in [6.07, 6.45) is 7.70. The first-order valence-electron chi connectivity index (χ1n) is 6.35. The second-order valence-corrected chi connectivity index (χ2v) is 5.00. The normalized spacial score (nSPS) is 28.6. The van der Waals surface area contributed by atoms with Gasteiger partial charge in [-0.05, 0) is 30.6 Å². The predicted molar refractivity (Wildman–Crippen MR) is 66.0 cm³/mol. The molecule has 2 amide bonds. The summed E-state index contributed by atoms with van der Waals surface area (Å²) in [6, 6.07) is 0. The second kappa shape index (κ2) is 4.86. The molecule has 1 saturated carbocycles. The standard InChI is InChI=1S/C14H19NO2/c1-3-5-9-7-11(9)10(6-4-2)12-8-13(16)15-14(12)17/h4,8-11H,2-3,5-7H2,1H3,(H,15,16,17)/t9-,10?,11+/m0/s1. The largest absolute Gasteiger partial charge is 0.289 e. The van der Waals surface area contributed by atoms with E-state index in [9.17, 15) is 9.59 Å². The fraction of sp³-hybridized carbons (Fsp3) is 0.571. The Morgan fingerprint density at radius 1 is 1.59 bits per heavy atom. The van der Waals surface area contributed by atoms with Gasteiger partial charge in [0.25, 0.3) is 11.8 Å². The van der Waals surface area contributed by atoms with E-state index >= 15 is 0 Å². The Labute approximate surface area is 102 Å². The molecule has 0 aromatic rings. The molecule has 0 radical (unpaired) electrons. The second-order valence-electron chi connectivity index (χ2n) is 5.00. The van der Waals surface area contributed by atoms with Crippen molar-refractivity contribution < 1.29 is 9.59 Å². The molecule has 17 heavy (non-hydrogen) atoms. The summed E-state index contributed by atoms with van der Waals surface area (Å²) in [5.74, 6) is 1.01. The van der Waals surface area contributed by atoms with Gasteiger partial charge in [0.2, 0.25) is 0 Å². The highest BCUT2D eigenvalue weighted by atomic mass is 16.2. The molecule has 1 unspecified atom stereocenters. The molecule has 1 N–H and O–H groups in total. The van der Waals surface area contributed by atoms with Crippen LogP contribution in [0.3, 0.4) is 0 Å². The van der Waals surface area contributed by atoms with Crippen LogP contribution in [0.25, 0.3) is 0 Å². The summed E-state index contributed by atoms with van der Waals surface area (Å²) in [7, 11) is 0. The molecule has 0 aromatic heterocycles. The van der Waals surface area contributed by atoms with Crippen molar-refractivity contribution in [1.29, 1.82) is 0 Å². The van der Waals surface area contributed by atoms with Gasteiger partial charge < -0.3 is 0 Å². The number of hydrogen-bond acceptors (Lipinski definition) is 2. The van der Waals surface area contributed by atoms with Crippen LogP contribution in [-0.4, -0.2) is 11.8 Å². The Hall–Kier alpha value is -1.38. The molecule has 0 saturated heterocycles. The van der Waals surface area contributed by atoms with Crippen LogP contribution in [-0.2, 0) is 9.59 Å². The summed E-state index contributed by atoms with van der Waals surface area (Å²) < 4.78 is 0. The third-order valence-corrected chi connectivity index (χ3v) is 3.76. The maximum atomic E-state index is 11.7. The lowest BCUT2D eigenvalue weighted by molar-refractivity contribution is -0.124. The van der Waals surface area contributed by atoms with E-state index in [2.05, 4.69) is 18.8 Å². The zero-order valence-corrected chi connectivity index (χ0v) is 10.2. The first-order chi connectivity index (χ1) is 8.17. The van der Waals surface area contributed by atoms with E-state index in [-0.39, 0.29) is 17.7 Å². The van der Waals surface area contributed by atoms with E-state index in [1.165, 1.54) is 25.3 Å². The van der Waals surface area contributed by atoms with E-state index in [0.29, 0.717) is 11.5 Å². The number of rotatable bonds is 6. The lowest BCUT2D eigenvalue weighted by Crippen LogP contribution is -2.25. The van der Waals surface area contributed by atoms with Gasteiger partial charge in [-0.1, -0.05) is 25.8 Å². The van der Waals surface area contributed by atoms with Gasteiger partial charge in [-0.2, -0.15) is 0 Å². The number of allylic oxidation sites excluding steroid dienone is 1. The number of imide groups is 1. The first-order valence-corrected chi connectivity index (χ1v) is 6.35.